The van der Waals surface area contributed by atoms with E-state index in [0.29, 0.717) is 35.4 Å². The van der Waals surface area contributed by atoms with Crippen LogP contribution in [0, 0.1) is 17.2 Å². The summed E-state index contributed by atoms with van der Waals surface area (Å²) in [6.07, 6.45) is 6.09. The van der Waals surface area contributed by atoms with Crippen LogP contribution in [-0.2, 0) is 11.3 Å². The minimum Gasteiger partial charge on any atom is -0.490 e. The molecule has 0 bridgehead atoms. The molecule has 3 heterocycles. The summed E-state index contributed by atoms with van der Waals surface area (Å²) in [6, 6.07) is 20.1. The average Bonchev–Trinajstić information content (AvgIpc) is 2.98. The molecular formula is C29H26N6O3. The molecular weight excluding hydrogens is 480 g/mol. The Bertz CT molecular complexity index is 1520. The Labute approximate surface area is 220 Å². The van der Waals surface area contributed by atoms with Crippen LogP contribution in [0.3, 0.4) is 0 Å². The second-order valence-electron chi connectivity index (χ2n) is 9.25. The van der Waals surface area contributed by atoms with E-state index in [0.717, 1.165) is 49.0 Å². The number of carbonyl (C=O) groups is 1. The lowest BCUT2D eigenvalue weighted by Gasteiger charge is -2.28. The summed E-state index contributed by atoms with van der Waals surface area (Å²) < 4.78 is 7.29. The molecule has 0 N–H and O–H groups in total. The van der Waals surface area contributed by atoms with Crippen molar-refractivity contribution in [2.45, 2.75) is 19.4 Å². The van der Waals surface area contributed by atoms with Gasteiger partial charge in [0, 0.05) is 30.3 Å². The maximum Gasteiger partial charge on any atom is 0.267 e. The van der Waals surface area contributed by atoms with Gasteiger partial charge in [-0.2, -0.15) is 10.4 Å². The zero-order valence-corrected chi connectivity index (χ0v) is 20.7. The van der Waals surface area contributed by atoms with E-state index in [1.807, 2.05) is 30.3 Å². The van der Waals surface area contributed by atoms with E-state index in [1.54, 1.807) is 41.6 Å². The number of hydrogen-bond donors (Lipinski definition) is 0. The number of piperidine rings is 1. The zero-order valence-electron chi connectivity index (χ0n) is 20.7. The van der Waals surface area contributed by atoms with Crippen LogP contribution in [0.5, 0.6) is 5.75 Å². The first-order valence-corrected chi connectivity index (χ1v) is 12.4. The lowest BCUT2D eigenvalue weighted by Crippen LogP contribution is -2.34. The van der Waals surface area contributed by atoms with Crippen LogP contribution >= 0.6 is 0 Å². The topological polar surface area (TPSA) is 114 Å². The molecule has 1 aliphatic rings. The number of aromatic nitrogens is 4. The van der Waals surface area contributed by atoms with E-state index in [2.05, 4.69) is 21.1 Å². The van der Waals surface area contributed by atoms with Gasteiger partial charge in [-0.05, 0) is 48.6 Å². The summed E-state index contributed by atoms with van der Waals surface area (Å²) in [4.78, 5) is 34.1. The van der Waals surface area contributed by atoms with Crippen molar-refractivity contribution < 1.29 is 9.53 Å². The van der Waals surface area contributed by atoms with Crippen molar-refractivity contribution in [3.05, 3.63) is 94.5 Å². The number of nitriles is 1. The monoisotopic (exact) mass is 506 g/mol. The molecule has 0 atom stereocenters. The minimum atomic E-state index is -0.217. The maximum atomic E-state index is 12.5. The second-order valence-corrected chi connectivity index (χ2v) is 9.25. The smallest absolute Gasteiger partial charge is 0.267 e. The molecule has 2 aromatic heterocycles. The van der Waals surface area contributed by atoms with Crippen LogP contribution < -0.4 is 10.3 Å². The van der Waals surface area contributed by atoms with E-state index in [-0.39, 0.29) is 12.1 Å². The number of nitrogens with zero attached hydrogens (tertiary/aromatic N) is 6. The number of rotatable bonds is 8. The molecule has 0 spiro atoms. The summed E-state index contributed by atoms with van der Waals surface area (Å²) in [7, 11) is 0. The Hall–Kier alpha value is -4.84. The fourth-order valence-corrected chi connectivity index (χ4v) is 4.42. The highest BCUT2D eigenvalue weighted by Gasteiger charge is 2.18. The maximum absolute atomic E-state index is 12.5. The largest absolute Gasteiger partial charge is 0.490 e. The number of ether oxygens (including phenoxy) is 1. The fraction of sp³-hybridized carbons (Fsp3) is 0.241. The Balaban J connectivity index is 1.26. The first kappa shape index (κ1) is 24.8. The Morgan fingerprint density at radius 2 is 1.76 bits per heavy atom. The number of carbonyl (C=O) groups excluding carboxylic acids is 1. The van der Waals surface area contributed by atoms with Gasteiger partial charge < -0.3 is 9.64 Å². The van der Waals surface area contributed by atoms with Gasteiger partial charge in [-0.3, -0.25) is 9.59 Å². The zero-order chi connectivity index (χ0) is 26.3. The lowest BCUT2D eigenvalue weighted by atomic mass is 9.98. The standard InChI is InChI=1S/C29H26N6O3/c30-15-22-3-1-5-24(13-22)27-7-8-28(37)35(33-27)18-23-4-2-6-25(14-23)29-31-16-26(17-32-29)38-19-21-9-11-34(20-36)12-10-21/h1-8,13-14,16-17,20-21H,9-12,18-19H2. The van der Waals surface area contributed by atoms with E-state index in [4.69, 9.17) is 4.74 Å². The molecule has 0 radical (unpaired) electrons. The molecule has 4 aromatic rings. The molecule has 2 aromatic carbocycles. The number of likely N-dealkylation sites (tertiary alicyclic amines) is 1. The van der Waals surface area contributed by atoms with Crippen LogP contribution in [-0.4, -0.2) is 50.8 Å². The molecule has 0 unspecified atom stereocenters. The van der Waals surface area contributed by atoms with Crippen LogP contribution in [0.25, 0.3) is 22.6 Å². The Morgan fingerprint density at radius 3 is 2.53 bits per heavy atom. The number of hydrogen-bond acceptors (Lipinski definition) is 7. The number of benzene rings is 2. The first-order valence-electron chi connectivity index (χ1n) is 12.4. The molecule has 9 heteroatoms. The Morgan fingerprint density at radius 1 is 1.00 bits per heavy atom. The Kier molecular flexibility index (Phi) is 7.50. The molecule has 9 nitrogen and oxygen atoms in total. The van der Waals surface area contributed by atoms with Gasteiger partial charge in [-0.1, -0.05) is 30.3 Å². The van der Waals surface area contributed by atoms with Crippen molar-refractivity contribution in [3.63, 3.8) is 0 Å². The third-order valence-electron chi connectivity index (χ3n) is 6.58. The molecule has 1 fully saturated rings. The SMILES string of the molecule is N#Cc1cccc(-c2ccc(=O)n(Cc3cccc(-c4ncc(OCC5CCN(C=O)CC5)cn4)c3)n2)c1. The molecule has 1 amide bonds. The number of amides is 1. The molecule has 0 aliphatic carbocycles. The summed E-state index contributed by atoms with van der Waals surface area (Å²) in [6.45, 7) is 2.39. The molecule has 1 aliphatic heterocycles. The van der Waals surface area contributed by atoms with Gasteiger partial charge >= 0.3 is 0 Å². The average molecular weight is 507 g/mol. The van der Waals surface area contributed by atoms with Gasteiger partial charge in [0.05, 0.1) is 42.9 Å². The van der Waals surface area contributed by atoms with Crippen molar-refractivity contribution in [1.29, 1.82) is 5.26 Å². The normalized spacial score (nSPS) is 13.6. The second kappa shape index (κ2) is 11.5. The predicted molar refractivity (Wildman–Crippen MR) is 141 cm³/mol. The highest BCUT2D eigenvalue weighted by molar-refractivity contribution is 5.60. The highest BCUT2D eigenvalue weighted by Crippen LogP contribution is 2.21. The van der Waals surface area contributed by atoms with Crippen LogP contribution in [0.2, 0.25) is 0 Å². The van der Waals surface area contributed by atoms with E-state index in [9.17, 15) is 14.9 Å². The molecule has 38 heavy (non-hydrogen) atoms. The van der Waals surface area contributed by atoms with E-state index < -0.39 is 0 Å². The lowest BCUT2D eigenvalue weighted by molar-refractivity contribution is -0.119. The fourth-order valence-electron chi connectivity index (χ4n) is 4.42. The third kappa shape index (κ3) is 5.93. The van der Waals surface area contributed by atoms with Crippen LogP contribution in [0.15, 0.2) is 77.9 Å². The molecule has 1 saturated heterocycles. The third-order valence-corrected chi connectivity index (χ3v) is 6.58. The van der Waals surface area contributed by atoms with Gasteiger partial charge in [0.1, 0.15) is 0 Å². The van der Waals surface area contributed by atoms with Crippen molar-refractivity contribution in [2.24, 2.45) is 5.92 Å². The van der Waals surface area contributed by atoms with Gasteiger partial charge in [-0.15, -0.1) is 0 Å². The van der Waals surface area contributed by atoms with Crippen molar-refractivity contribution in [3.8, 4) is 34.5 Å². The summed E-state index contributed by atoms with van der Waals surface area (Å²) in [5.41, 5.74) is 3.41. The predicted octanol–water partition coefficient (Wildman–Crippen LogP) is 3.53. The molecule has 190 valence electrons. The summed E-state index contributed by atoms with van der Waals surface area (Å²) in [5, 5.41) is 13.7. The van der Waals surface area contributed by atoms with Gasteiger partial charge in [0.25, 0.3) is 5.56 Å². The quantitative estimate of drug-likeness (QED) is 0.336. The van der Waals surface area contributed by atoms with E-state index in [1.165, 1.54) is 10.7 Å². The van der Waals surface area contributed by atoms with E-state index >= 15 is 0 Å². The highest BCUT2D eigenvalue weighted by atomic mass is 16.5. The first-order chi connectivity index (χ1) is 18.6. The van der Waals surface area contributed by atoms with Crippen LogP contribution in [0.1, 0.15) is 24.0 Å². The van der Waals surface area contributed by atoms with Crippen molar-refractivity contribution in [1.82, 2.24) is 24.6 Å². The minimum absolute atomic E-state index is 0.217. The van der Waals surface area contributed by atoms with Crippen molar-refractivity contribution in [2.75, 3.05) is 19.7 Å². The molecule has 0 saturated carbocycles. The summed E-state index contributed by atoms with van der Waals surface area (Å²) >= 11 is 0. The van der Waals surface area contributed by atoms with Gasteiger partial charge in [-0.25, -0.2) is 14.6 Å². The molecule has 5 rings (SSSR count). The summed E-state index contributed by atoms with van der Waals surface area (Å²) in [5.74, 6) is 1.57. The van der Waals surface area contributed by atoms with Crippen molar-refractivity contribution >= 4 is 6.41 Å². The van der Waals surface area contributed by atoms with Crippen LogP contribution in [0.4, 0.5) is 0 Å². The van der Waals surface area contributed by atoms with Gasteiger partial charge in [0.2, 0.25) is 6.41 Å². The van der Waals surface area contributed by atoms with Gasteiger partial charge in [0.15, 0.2) is 11.6 Å².